The van der Waals surface area contributed by atoms with Gasteiger partial charge in [-0.05, 0) is 13.5 Å². The van der Waals surface area contributed by atoms with Crippen LogP contribution in [0.25, 0.3) is 0 Å². The molecule has 0 spiro atoms. The third-order valence-corrected chi connectivity index (χ3v) is 4.41. The van der Waals surface area contributed by atoms with Gasteiger partial charge in [0.05, 0.1) is 6.20 Å². The summed E-state index contributed by atoms with van der Waals surface area (Å²) in [4.78, 5) is 0. The second-order valence-corrected chi connectivity index (χ2v) is 5.92. The summed E-state index contributed by atoms with van der Waals surface area (Å²) in [5, 5.41) is 9.47. The lowest BCUT2D eigenvalue weighted by Crippen LogP contribution is -2.29. The number of unbranched alkanes of at least 4 members (excludes halogenated alkanes) is 1. The van der Waals surface area contributed by atoms with Gasteiger partial charge in [0.1, 0.15) is 0 Å². The number of rotatable bonds is 7. The number of aromatic nitrogens is 2. The SMILES string of the molecule is CCCCN(C)S(=O)(=O)c1[nH]ncc1CNC. The largest absolute Gasteiger partial charge is 0.316 e. The first-order valence-corrected chi connectivity index (χ1v) is 7.11. The second kappa shape index (κ2) is 6.13. The average Bonchev–Trinajstić information content (AvgIpc) is 2.75. The first-order chi connectivity index (χ1) is 8.04. The fourth-order valence-electron chi connectivity index (χ4n) is 1.50. The minimum Gasteiger partial charge on any atom is -0.316 e. The average molecular weight is 260 g/mol. The Bertz CT molecular complexity index is 441. The molecule has 1 heterocycles. The first-order valence-electron chi connectivity index (χ1n) is 5.67. The number of aromatic amines is 1. The zero-order valence-electron chi connectivity index (χ0n) is 10.5. The Labute approximate surface area is 102 Å². The molecule has 0 bridgehead atoms. The van der Waals surface area contributed by atoms with E-state index in [1.54, 1.807) is 14.1 Å². The van der Waals surface area contributed by atoms with Crippen LogP contribution in [0, 0.1) is 0 Å². The summed E-state index contributed by atoms with van der Waals surface area (Å²) in [7, 11) is -0.0852. The molecule has 0 radical (unpaired) electrons. The molecule has 98 valence electrons. The van der Waals surface area contributed by atoms with Crippen LogP contribution in [0.1, 0.15) is 25.3 Å². The molecule has 1 aromatic heterocycles. The Balaban J connectivity index is 2.92. The maximum atomic E-state index is 12.2. The molecule has 2 N–H and O–H groups in total. The van der Waals surface area contributed by atoms with Gasteiger partial charge in [-0.15, -0.1) is 0 Å². The van der Waals surface area contributed by atoms with Crippen LogP contribution in [-0.2, 0) is 16.6 Å². The van der Waals surface area contributed by atoms with E-state index in [1.165, 1.54) is 10.5 Å². The highest BCUT2D eigenvalue weighted by Gasteiger charge is 2.25. The molecule has 17 heavy (non-hydrogen) atoms. The fourth-order valence-corrected chi connectivity index (χ4v) is 2.80. The predicted octanol–water partition coefficient (Wildman–Crippen LogP) is 0.550. The number of H-pyrrole nitrogens is 1. The number of sulfonamides is 1. The van der Waals surface area contributed by atoms with Crippen molar-refractivity contribution in [2.75, 3.05) is 20.6 Å². The third-order valence-electron chi connectivity index (χ3n) is 2.54. The monoisotopic (exact) mass is 260 g/mol. The number of hydrogen-bond donors (Lipinski definition) is 2. The maximum Gasteiger partial charge on any atom is 0.260 e. The molecule has 0 atom stereocenters. The summed E-state index contributed by atoms with van der Waals surface area (Å²) in [6.45, 7) is 3.03. The lowest BCUT2D eigenvalue weighted by Gasteiger charge is -2.16. The highest BCUT2D eigenvalue weighted by molar-refractivity contribution is 7.89. The van der Waals surface area contributed by atoms with Crippen molar-refractivity contribution < 1.29 is 8.42 Å². The Morgan fingerprint density at radius 1 is 1.53 bits per heavy atom. The topological polar surface area (TPSA) is 78.1 Å². The molecule has 0 amide bonds. The van der Waals surface area contributed by atoms with Gasteiger partial charge >= 0.3 is 0 Å². The molecule has 0 aliphatic rings. The van der Waals surface area contributed by atoms with Crippen LogP contribution in [0.3, 0.4) is 0 Å². The zero-order chi connectivity index (χ0) is 12.9. The van der Waals surface area contributed by atoms with Gasteiger partial charge in [-0.2, -0.15) is 9.40 Å². The lowest BCUT2D eigenvalue weighted by molar-refractivity contribution is 0.455. The quantitative estimate of drug-likeness (QED) is 0.750. The molecular formula is C10H20N4O2S. The molecule has 7 heteroatoms. The molecule has 1 aromatic rings. The molecule has 0 aliphatic heterocycles. The van der Waals surface area contributed by atoms with Gasteiger partial charge in [0.15, 0.2) is 5.03 Å². The fraction of sp³-hybridized carbons (Fsp3) is 0.700. The van der Waals surface area contributed by atoms with E-state index in [0.29, 0.717) is 18.7 Å². The molecule has 0 fully saturated rings. The van der Waals surface area contributed by atoms with E-state index in [2.05, 4.69) is 15.5 Å². The van der Waals surface area contributed by atoms with Gasteiger partial charge in [0, 0.05) is 25.7 Å². The van der Waals surface area contributed by atoms with Crippen molar-refractivity contribution in [1.29, 1.82) is 0 Å². The van der Waals surface area contributed by atoms with E-state index in [9.17, 15) is 8.42 Å². The number of hydrogen-bond acceptors (Lipinski definition) is 4. The molecule has 0 aliphatic carbocycles. The van der Waals surface area contributed by atoms with E-state index in [0.717, 1.165) is 12.8 Å². The van der Waals surface area contributed by atoms with Gasteiger partial charge < -0.3 is 5.32 Å². The standard InChI is InChI=1S/C10H20N4O2S/c1-4-5-6-14(3)17(15,16)10-9(7-11-2)8-12-13-10/h8,11H,4-7H2,1-3H3,(H,12,13). The summed E-state index contributed by atoms with van der Waals surface area (Å²) in [5.74, 6) is 0. The van der Waals surface area contributed by atoms with Crippen LogP contribution in [0.15, 0.2) is 11.2 Å². The summed E-state index contributed by atoms with van der Waals surface area (Å²) in [6.07, 6.45) is 3.36. The third kappa shape index (κ3) is 3.27. The van der Waals surface area contributed by atoms with Crippen LogP contribution in [0.2, 0.25) is 0 Å². The molecule has 6 nitrogen and oxygen atoms in total. The Morgan fingerprint density at radius 2 is 2.24 bits per heavy atom. The van der Waals surface area contributed by atoms with Gasteiger partial charge in [0.2, 0.25) is 0 Å². The van der Waals surface area contributed by atoms with Crippen molar-refractivity contribution in [1.82, 2.24) is 19.8 Å². The number of nitrogens with one attached hydrogen (secondary N) is 2. The van der Waals surface area contributed by atoms with Crippen LogP contribution >= 0.6 is 0 Å². The molecule has 0 saturated heterocycles. The van der Waals surface area contributed by atoms with E-state index in [1.807, 2.05) is 6.92 Å². The second-order valence-electron chi connectivity index (χ2n) is 3.93. The van der Waals surface area contributed by atoms with Crippen molar-refractivity contribution >= 4 is 10.0 Å². The van der Waals surface area contributed by atoms with E-state index < -0.39 is 10.0 Å². The van der Waals surface area contributed by atoms with Gasteiger partial charge in [0.25, 0.3) is 10.0 Å². The van der Waals surface area contributed by atoms with Crippen molar-refractivity contribution in [3.05, 3.63) is 11.8 Å². The van der Waals surface area contributed by atoms with Crippen molar-refractivity contribution in [3.63, 3.8) is 0 Å². The molecule has 0 saturated carbocycles. The van der Waals surface area contributed by atoms with E-state index in [4.69, 9.17) is 0 Å². The van der Waals surface area contributed by atoms with Gasteiger partial charge in [-0.1, -0.05) is 13.3 Å². The van der Waals surface area contributed by atoms with Crippen molar-refractivity contribution in [3.8, 4) is 0 Å². The summed E-state index contributed by atoms with van der Waals surface area (Å²) in [6, 6.07) is 0. The summed E-state index contributed by atoms with van der Waals surface area (Å²) in [5.41, 5.74) is 0.663. The van der Waals surface area contributed by atoms with E-state index >= 15 is 0 Å². The molecule has 0 aromatic carbocycles. The summed E-state index contributed by atoms with van der Waals surface area (Å²) < 4.78 is 25.8. The van der Waals surface area contributed by atoms with Gasteiger partial charge in [-0.25, -0.2) is 8.42 Å². The smallest absolute Gasteiger partial charge is 0.260 e. The van der Waals surface area contributed by atoms with Crippen LogP contribution in [0.4, 0.5) is 0 Å². The maximum absolute atomic E-state index is 12.2. The zero-order valence-corrected chi connectivity index (χ0v) is 11.3. The minimum absolute atomic E-state index is 0.186. The van der Waals surface area contributed by atoms with Crippen molar-refractivity contribution in [2.45, 2.75) is 31.3 Å². The molecular weight excluding hydrogens is 240 g/mol. The molecule has 1 rings (SSSR count). The summed E-state index contributed by atoms with van der Waals surface area (Å²) >= 11 is 0. The highest BCUT2D eigenvalue weighted by atomic mass is 32.2. The lowest BCUT2D eigenvalue weighted by atomic mass is 10.3. The van der Waals surface area contributed by atoms with Crippen molar-refractivity contribution in [2.24, 2.45) is 0 Å². The Kier molecular flexibility index (Phi) is 5.10. The Morgan fingerprint density at radius 3 is 2.82 bits per heavy atom. The molecule has 0 unspecified atom stereocenters. The van der Waals surface area contributed by atoms with Gasteiger partial charge in [-0.3, -0.25) is 5.10 Å². The van der Waals surface area contributed by atoms with Crippen LogP contribution in [-0.4, -0.2) is 43.6 Å². The minimum atomic E-state index is -3.45. The first kappa shape index (κ1) is 14.1. The van der Waals surface area contributed by atoms with Crippen LogP contribution < -0.4 is 5.32 Å². The highest BCUT2D eigenvalue weighted by Crippen LogP contribution is 2.16. The number of nitrogens with zero attached hydrogens (tertiary/aromatic N) is 2. The van der Waals surface area contributed by atoms with E-state index in [-0.39, 0.29) is 5.03 Å². The normalized spacial score (nSPS) is 12.2. The Hall–Kier alpha value is -0.920. The predicted molar refractivity (Wildman–Crippen MR) is 66.1 cm³/mol. The van der Waals surface area contributed by atoms with Crippen LogP contribution in [0.5, 0.6) is 0 Å².